The lowest BCUT2D eigenvalue weighted by Gasteiger charge is -2.29. The summed E-state index contributed by atoms with van der Waals surface area (Å²) in [4.78, 5) is 8.78. The minimum Gasteiger partial charge on any atom is -0.508 e. The van der Waals surface area contributed by atoms with Crippen LogP contribution in [0.2, 0.25) is 0 Å². The molecule has 1 aliphatic rings. The number of hydrogen-bond donors (Lipinski definition) is 3. The number of nitrogens with zero attached hydrogens (tertiary/aromatic N) is 3. The second-order valence-corrected chi connectivity index (χ2v) is 6.35. The first-order chi connectivity index (χ1) is 12.0. The Kier molecular flexibility index (Phi) is 6.31. The molecule has 2 atom stereocenters. The number of nitrogens with two attached hydrogens (primary N) is 1. The summed E-state index contributed by atoms with van der Waals surface area (Å²) in [6, 6.07) is 2.15. The van der Waals surface area contributed by atoms with Gasteiger partial charge in [-0.25, -0.2) is 9.97 Å². The summed E-state index contributed by atoms with van der Waals surface area (Å²) in [5, 5.41) is 22.6. The summed E-state index contributed by atoms with van der Waals surface area (Å²) in [5.41, 5.74) is 7.38. The summed E-state index contributed by atoms with van der Waals surface area (Å²) in [7, 11) is 1.95. The van der Waals surface area contributed by atoms with E-state index in [4.69, 9.17) is 5.73 Å². The third-order valence-corrected chi connectivity index (χ3v) is 4.58. The molecule has 1 fully saturated rings. The van der Waals surface area contributed by atoms with Crippen LogP contribution in [0.25, 0.3) is 5.57 Å². The highest BCUT2D eigenvalue weighted by molar-refractivity contribution is 5.74. The Bertz CT molecular complexity index is 730. The highest BCUT2D eigenvalue weighted by Crippen LogP contribution is 2.37. The van der Waals surface area contributed by atoms with Crippen LogP contribution in [0.1, 0.15) is 48.7 Å². The van der Waals surface area contributed by atoms with Crippen molar-refractivity contribution >= 4 is 11.4 Å². The largest absolute Gasteiger partial charge is 0.508 e. The van der Waals surface area contributed by atoms with Gasteiger partial charge in [-0.2, -0.15) is 5.26 Å². The highest BCUT2D eigenvalue weighted by atomic mass is 16.3. The van der Waals surface area contributed by atoms with Gasteiger partial charge in [0.05, 0.1) is 11.3 Å². The SMILES string of the molecule is C=C/C=C(\C(=C)O)c1nc(N)c(C#N)c(C2CCCC(CNC)C2)n1. The molecule has 0 radical (unpaired) electrons. The monoisotopic (exact) mass is 339 g/mol. The Morgan fingerprint density at radius 2 is 2.24 bits per heavy atom. The Labute approximate surface area is 148 Å². The maximum absolute atomic E-state index is 9.82. The zero-order valence-electron chi connectivity index (χ0n) is 14.6. The van der Waals surface area contributed by atoms with Crippen molar-refractivity contribution in [3.05, 3.63) is 48.2 Å². The number of nitrogen functional groups attached to an aromatic ring is 1. The smallest absolute Gasteiger partial charge is 0.165 e. The quantitative estimate of drug-likeness (QED) is 0.543. The molecular weight excluding hydrogens is 314 g/mol. The third-order valence-electron chi connectivity index (χ3n) is 4.58. The van der Waals surface area contributed by atoms with Gasteiger partial charge in [0.15, 0.2) is 5.82 Å². The summed E-state index contributed by atoms with van der Waals surface area (Å²) in [6.07, 6.45) is 7.28. The van der Waals surface area contributed by atoms with Crippen LogP contribution in [-0.2, 0) is 0 Å². The lowest BCUT2D eigenvalue weighted by atomic mass is 9.78. The van der Waals surface area contributed by atoms with Crippen molar-refractivity contribution in [2.75, 3.05) is 19.3 Å². The van der Waals surface area contributed by atoms with Crippen molar-refractivity contribution in [2.45, 2.75) is 31.6 Å². The predicted molar refractivity (Wildman–Crippen MR) is 99.7 cm³/mol. The molecular formula is C19H25N5O. The first kappa shape index (κ1) is 18.7. The molecule has 1 aromatic heterocycles. The maximum atomic E-state index is 9.82. The number of rotatable bonds is 6. The fourth-order valence-corrected chi connectivity index (χ4v) is 3.46. The average Bonchev–Trinajstić information content (AvgIpc) is 2.59. The molecule has 1 heterocycles. The van der Waals surface area contributed by atoms with Gasteiger partial charge in [-0.05, 0) is 44.8 Å². The normalized spacial score (nSPS) is 20.7. The fourth-order valence-electron chi connectivity index (χ4n) is 3.46. The molecule has 4 N–H and O–H groups in total. The van der Waals surface area contributed by atoms with E-state index in [1.54, 1.807) is 6.08 Å². The van der Waals surface area contributed by atoms with Crippen LogP contribution in [0.15, 0.2) is 31.1 Å². The first-order valence-corrected chi connectivity index (χ1v) is 8.45. The van der Waals surface area contributed by atoms with Gasteiger partial charge in [0.25, 0.3) is 0 Å². The minimum absolute atomic E-state index is 0.134. The minimum atomic E-state index is -0.160. The summed E-state index contributed by atoms with van der Waals surface area (Å²) in [5.74, 6) is 0.949. The van der Waals surface area contributed by atoms with Gasteiger partial charge in [-0.15, -0.1) is 0 Å². The molecule has 0 aromatic carbocycles. The van der Waals surface area contributed by atoms with Crippen LogP contribution in [0.5, 0.6) is 0 Å². The van der Waals surface area contributed by atoms with Gasteiger partial charge in [0.2, 0.25) is 0 Å². The first-order valence-electron chi connectivity index (χ1n) is 8.45. The van der Waals surface area contributed by atoms with Crippen molar-refractivity contribution in [3.8, 4) is 6.07 Å². The lowest BCUT2D eigenvalue weighted by molar-refractivity contribution is 0.312. The van der Waals surface area contributed by atoms with E-state index in [0.717, 1.165) is 25.8 Å². The molecule has 6 nitrogen and oxygen atoms in total. The molecule has 0 aliphatic heterocycles. The summed E-state index contributed by atoms with van der Waals surface area (Å²) in [6.45, 7) is 8.12. The standard InChI is InChI=1S/C19H25N5O/c1-4-6-15(12(2)25)19-23-17(16(10-20)18(21)24-19)14-8-5-7-13(9-14)11-22-3/h4,6,13-14,22,25H,1-2,5,7-9,11H2,3H3,(H2,21,23,24)/b15-6+. The number of aromatic nitrogens is 2. The van der Waals surface area contributed by atoms with Crippen LogP contribution in [0.3, 0.4) is 0 Å². The van der Waals surface area contributed by atoms with Crippen molar-refractivity contribution in [1.29, 1.82) is 5.26 Å². The molecule has 0 spiro atoms. The van der Waals surface area contributed by atoms with E-state index < -0.39 is 0 Å². The third kappa shape index (κ3) is 4.25. The highest BCUT2D eigenvalue weighted by Gasteiger charge is 2.28. The van der Waals surface area contributed by atoms with E-state index in [2.05, 4.69) is 34.5 Å². The van der Waals surface area contributed by atoms with Crippen molar-refractivity contribution in [1.82, 2.24) is 15.3 Å². The maximum Gasteiger partial charge on any atom is 0.165 e. The van der Waals surface area contributed by atoms with Crippen molar-refractivity contribution in [2.24, 2.45) is 5.92 Å². The Hall–Kier alpha value is -2.65. The van der Waals surface area contributed by atoms with E-state index in [-0.39, 0.29) is 23.3 Å². The number of hydrogen-bond acceptors (Lipinski definition) is 6. The summed E-state index contributed by atoms with van der Waals surface area (Å²) < 4.78 is 0. The van der Waals surface area contributed by atoms with Crippen LogP contribution >= 0.6 is 0 Å². The fraction of sp³-hybridized carbons (Fsp3) is 0.421. The Morgan fingerprint density at radius 1 is 1.48 bits per heavy atom. The predicted octanol–water partition coefficient (Wildman–Crippen LogP) is 3.06. The number of nitrogens with one attached hydrogen (secondary N) is 1. The Balaban J connectivity index is 2.49. The van der Waals surface area contributed by atoms with E-state index in [9.17, 15) is 10.4 Å². The molecule has 0 saturated heterocycles. The second kappa shape index (κ2) is 8.45. The molecule has 1 aromatic rings. The molecule has 2 rings (SSSR count). The van der Waals surface area contributed by atoms with Crippen LogP contribution in [0, 0.1) is 17.2 Å². The van der Waals surface area contributed by atoms with Crippen molar-refractivity contribution in [3.63, 3.8) is 0 Å². The lowest BCUT2D eigenvalue weighted by Crippen LogP contribution is -2.25. The van der Waals surface area contributed by atoms with E-state index in [0.29, 0.717) is 22.7 Å². The van der Waals surface area contributed by atoms with Gasteiger partial charge in [0, 0.05) is 5.92 Å². The number of allylic oxidation sites excluding steroid dienone is 3. The Morgan fingerprint density at radius 3 is 2.84 bits per heavy atom. The number of aliphatic hydroxyl groups excluding tert-OH is 1. The van der Waals surface area contributed by atoms with Crippen LogP contribution < -0.4 is 11.1 Å². The molecule has 2 unspecified atom stereocenters. The number of anilines is 1. The molecule has 132 valence electrons. The number of aliphatic hydroxyl groups is 1. The van der Waals surface area contributed by atoms with E-state index in [1.807, 2.05) is 7.05 Å². The van der Waals surface area contributed by atoms with Crippen LogP contribution in [0.4, 0.5) is 5.82 Å². The molecule has 1 saturated carbocycles. The van der Waals surface area contributed by atoms with E-state index in [1.165, 1.54) is 12.5 Å². The molecule has 1 aliphatic carbocycles. The second-order valence-electron chi connectivity index (χ2n) is 6.35. The van der Waals surface area contributed by atoms with Gasteiger partial charge in [-0.3, -0.25) is 0 Å². The van der Waals surface area contributed by atoms with Crippen LogP contribution in [-0.4, -0.2) is 28.7 Å². The summed E-state index contributed by atoms with van der Waals surface area (Å²) >= 11 is 0. The van der Waals surface area contributed by atoms with E-state index >= 15 is 0 Å². The number of nitriles is 1. The van der Waals surface area contributed by atoms with Gasteiger partial charge in [-0.1, -0.05) is 25.7 Å². The average molecular weight is 339 g/mol. The van der Waals surface area contributed by atoms with Crippen molar-refractivity contribution < 1.29 is 5.11 Å². The molecule has 25 heavy (non-hydrogen) atoms. The zero-order chi connectivity index (χ0) is 18.4. The molecule has 6 heteroatoms. The van der Waals surface area contributed by atoms with Gasteiger partial charge >= 0.3 is 0 Å². The zero-order valence-corrected chi connectivity index (χ0v) is 14.6. The van der Waals surface area contributed by atoms with Gasteiger partial charge < -0.3 is 16.2 Å². The van der Waals surface area contributed by atoms with Gasteiger partial charge in [0.1, 0.15) is 23.2 Å². The topological polar surface area (TPSA) is 108 Å². The molecule has 0 amide bonds. The molecule has 0 bridgehead atoms.